The van der Waals surface area contributed by atoms with Gasteiger partial charge in [0.2, 0.25) is 5.91 Å². The zero-order chi connectivity index (χ0) is 17.2. The van der Waals surface area contributed by atoms with Gasteiger partial charge in [0.25, 0.3) is 0 Å². The molecule has 0 aliphatic heterocycles. The Bertz CT molecular complexity index is 314. The lowest BCUT2D eigenvalue weighted by molar-refractivity contribution is -0.122. The van der Waals surface area contributed by atoms with Crippen molar-refractivity contribution in [2.45, 2.75) is 78.0 Å². The highest BCUT2D eigenvalue weighted by molar-refractivity contribution is 5.76. The van der Waals surface area contributed by atoms with Crippen LogP contribution in [0.4, 0.5) is 0 Å². The van der Waals surface area contributed by atoms with Crippen molar-refractivity contribution in [3.05, 3.63) is 0 Å². The molecular formula is C17H35NO4. The van der Waals surface area contributed by atoms with E-state index in [0.29, 0.717) is 26.2 Å². The maximum absolute atomic E-state index is 11.4. The second-order valence-corrected chi connectivity index (χ2v) is 7.16. The van der Waals surface area contributed by atoms with E-state index in [1.807, 2.05) is 13.8 Å². The molecule has 0 atom stereocenters. The maximum Gasteiger partial charge on any atom is 0.222 e. The van der Waals surface area contributed by atoms with E-state index in [1.54, 1.807) is 7.11 Å². The topological polar surface area (TPSA) is 56.8 Å². The van der Waals surface area contributed by atoms with Crippen LogP contribution in [0.3, 0.4) is 0 Å². The van der Waals surface area contributed by atoms with Crippen LogP contribution >= 0.6 is 0 Å². The van der Waals surface area contributed by atoms with Gasteiger partial charge in [-0.05, 0) is 54.4 Å². The average Bonchev–Trinajstić information content (AvgIpc) is 2.36. The first-order valence-electron chi connectivity index (χ1n) is 8.14. The number of amides is 1. The van der Waals surface area contributed by atoms with Crippen molar-refractivity contribution in [3.8, 4) is 0 Å². The highest BCUT2D eigenvalue weighted by Crippen LogP contribution is 2.18. The fourth-order valence-corrected chi connectivity index (χ4v) is 1.73. The molecule has 0 aromatic rings. The Balaban J connectivity index is 3.74. The molecule has 0 bridgehead atoms. The first kappa shape index (κ1) is 21.4. The number of ether oxygens (including phenoxy) is 3. The lowest BCUT2D eigenvalue weighted by Gasteiger charge is -2.28. The Hall–Kier alpha value is -0.650. The Morgan fingerprint density at radius 2 is 1.59 bits per heavy atom. The highest BCUT2D eigenvalue weighted by atomic mass is 16.5. The lowest BCUT2D eigenvalue weighted by atomic mass is 10.0. The predicted octanol–water partition coefficient (Wildman–Crippen LogP) is 2.92. The molecule has 0 unspecified atom stereocenters. The number of rotatable bonds is 12. The largest absolute Gasteiger partial charge is 0.381 e. The molecule has 0 radical (unpaired) electrons. The third-order valence-corrected chi connectivity index (χ3v) is 3.52. The van der Waals surface area contributed by atoms with Gasteiger partial charge in [0.05, 0.1) is 24.4 Å². The molecule has 1 amide bonds. The number of nitrogens with one attached hydrogen (secondary N) is 1. The number of carbonyl (C=O) groups is 1. The van der Waals surface area contributed by atoms with Crippen molar-refractivity contribution >= 4 is 5.91 Å². The van der Waals surface area contributed by atoms with E-state index in [-0.39, 0.29) is 23.2 Å². The Labute approximate surface area is 136 Å². The van der Waals surface area contributed by atoms with Crippen molar-refractivity contribution in [1.82, 2.24) is 5.32 Å². The van der Waals surface area contributed by atoms with Gasteiger partial charge in [-0.1, -0.05) is 0 Å². The number of hydrogen-bond acceptors (Lipinski definition) is 4. The quantitative estimate of drug-likeness (QED) is 0.562. The molecule has 0 aliphatic carbocycles. The molecule has 5 nitrogen and oxygen atoms in total. The highest BCUT2D eigenvalue weighted by Gasteiger charge is 2.21. The molecule has 0 fully saturated rings. The number of hydrogen-bond donors (Lipinski definition) is 1. The minimum atomic E-state index is -0.232. The lowest BCUT2D eigenvalue weighted by Crippen LogP contribution is -2.32. The molecular weight excluding hydrogens is 282 g/mol. The van der Waals surface area contributed by atoms with Crippen molar-refractivity contribution in [1.29, 1.82) is 0 Å². The normalized spacial score (nSPS) is 12.7. The molecule has 0 saturated heterocycles. The fraction of sp³-hybridized carbons (Fsp3) is 0.941. The van der Waals surface area contributed by atoms with E-state index in [0.717, 1.165) is 12.8 Å². The first-order valence-corrected chi connectivity index (χ1v) is 8.14. The van der Waals surface area contributed by atoms with Gasteiger partial charge < -0.3 is 19.5 Å². The van der Waals surface area contributed by atoms with Gasteiger partial charge in [-0.3, -0.25) is 4.79 Å². The molecule has 0 saturated carbocycles. The summed E-state index contributed by atoms with van der Waals surface area (Å²) in [4.78, 5) is 11.4. The minimum Gasteiger partial charge on any atom is -0.381 e. The monoisotopic (exact) mass is 317 g/mol. The van der Waals surface area contributed by atoms with Crippen LogP contribution in [-0.2, 0) is 19.0 Å². The summed E-state index contributed by atoms with van der Waals surface area (Å²) in [6.45, 7) is 13.8. The molecule has 0 aromatic heterocycles. The van der Waals surface area contributed by atoms with Gasteiger partial charge in [0.15, 0.2) is 0 Å². The summed E-state index contributed by atoms with van der Waals surface area (Å²) in [5.74, 6) is 0.0345. The summed E-state index contributed by atoms with van der Waals surface area (Å²) in [6.07, 6.45) is 2.05. The standard InChI is InChI=1S/C17H35NO4/c1-14(2)18-15(19)8-11-21-12-9-17(5,6)22-13-10-16(3,4)20-7/h14H,8-13H2,1-7H3,(H,18,19). The Morgan fingerprint density at radius 3 is 2.14 bits per heavy atom. The van der Waals surface area contributed by atoms with Crippen LogP contribution in [0.1, 0.15) is 60.8 Å². The van der Waals surface area contributed by atoms with Gasteiger partial charge in [0, 0.05) is 26.2 Å². The molecule has 22 heavy (non-hydrogen) atoms. The predicted molar refractivity (Wildman–Crippen MR) is 89.1 cm³/mol. The van der Waals surface area contributed by atoms with Crippen LogP contribution < -0.4 is 5.32 Å². The second-order valence-electron chi connectivity index (χ2n) is 7.16. The molecule has 0 heterocycles. The average molecular weight is 317 g/mol. The van der Waals surface area contributed by atoms with E-state index >= 15 is 0 Å². The van der Waals surface area contributed by atoms with Gasteiger partial charge in [-0.15, -0.1) is 0 Å². The van der Waals surface area contributed by atoms with Crippen LogP contribution in [0, 0.1) is 0 Å². The number of carbonyl (C=O) groups excluding carboxylic acids is 1. The van der Waals surface area contributed by atoms with Crippen molar-refractivity contribution in [2.75, 3.05) is 26.9 Å². The molecule has 132 valence electrons. The first-order chi connectivity index (χ1) is 10.1. The molecule has 0 spiro atoms. The van der Waals surface area contributed by atoms with E-state index in [1.165, 1.54) is 0 Å². The molecule has 5 heteroatoms. The molecule has 0 aromatic carbocycles. The fourth-order valence-electron chi connectivity index (χ4n) is 1.73. The third kappa shape index (κ3) is 12.0. The number of methoxy groups -OCH3 is 1. The smallest absolute Gasteiger partial charge is 0.222 e. The van der Waals surface area contributed by atoms with Crippen LogP contribution in [0.2, 0.25) is 0 Å². The zero-order valence-corrected chi connectivity index (χ0v) is 15.5. The second kappa shape index (κ2) is 10.2. The van der Waals surface area contributed by atoms with E-state index < -0.39 is 0 Å². The molecule has 0 aliphatic rings. The Morgan fingerprint density at radius 1 is 1.00 bits per heavy atom. The summed E-state index contributed by atoms with van der Waals surface area (Å²) in [6, 6.07) is 0.177. The zero-order valence-electron chi connectivity index (χ0n) is 15.5. The van der Waals surface area contributed by atoms with Crippen LogP contribution in [0.25, 0.3) is 0 Å². The van der Waals surface area contributed by atoms with Crippen molar-refractivity contribution in [3.63, 3.8) is 0 Å². The maximum atomic E-state index is 11.4. The van der Waals surface area contributed by atoms with Gasteiger partial charge in [-0.25, -0.2) is 0 Å². The summed E-state index contributed by atoms with van der Waals surface area (Å²) in [7, 11) is 1.72. The van der Waals surface area contributed by atoms with Gasteiger partial charge >= 0.3 is 0 Å². The summed E-state index contributed by atoms with van der Waals surface area (Å²) < 4.78 is 16.8. The molecule has 0 rings (SSSR count). The summed E-state index contributed by atoms with van der Waals surface area (Å²) in [5.41, 5.74) is -0.389. The summed E-state index contributed by atoms with van der Waals surface area (Å²) >= 11 is 0. The van der Waals surface area contributed by atoms with Crippen LogP contribution in [-0.4, -0.2) is 50.1 Å². The van der Waals surface area contributed by atoms with Crippen molar-refractivity contribution < 1.29 is 19.0 Å². The Kier molecular flexibility index (Phi) is 9.89. The van der Waals surface area contributed by atoms with E-state index in [9.17, 15) is 4.79 Å². The minimum absolute atomic E-state index is 0.0345. The van der Waals surface area contributed by atoms with Gasteiger partial charge in [-0.2, -0.15) is 0 Å². The van der Waals surface area contributed by atoms with Gasteiger partial charge in [0.1, 0.15) is 0 Å². The summed E-state index contributed by atoms with van der Waals surface area (Å²) in [5, 5.41) is 2.84. The van der Waals surface area contributed by atoms with Crippen LogP contribution in [0.15, 0.2) is 0 Å². The SMILES string of the molecule is COC(C)(C)CCOC(C)(C)CCOCCC(=O)NC(C)C. The van der Waals surface area contributed by atoms with Crippen molar-refractivity contribution in [2.24, 2.45) is 0 Å². The third-order valence-electron chi connectivity index (χ3n) is 3.52. The van der Waals surface area contributed by atoms with Crippen LogP contribution in [0.5, 0.6) is 0 Å². The molecule has 1 N–H and O–H groups in total. The van der Waals surface area contributed by atoms with E-state index in [2.05, 4.69) is 33.0 Å². The van der Waals surface area contributed by atoms with E-state index in [4.69, 9.17) is 14.2 Å².